The second-order valence-electron chi connectivity index (χ2n) is 4.78. The minimum absolute atomic E-state index is 0.204. The Morgan fingerprint density at radius 2 is 1.79 bits per heavy atom. The maximum absolute atomic E-state index is 11.2. The zero-order valence-corrected chi connectivity index (χ0v) is 13.3. The SMILES string of the molecule is CCN(CC)c1ccc(CNCC(C)S(C)=O)cc1. The third-order valence-corrected chi connectivity index (χ3v) is 4.69. The highest BCUT2D eigenvalue weighted by atomic mass is 32.2. The smallest absolute Gasteiger partial charge is 0.0441 e. The summed E-state index contributed by atoms with van der Waals surface area (Å²) in [6.07, 6.45) is 1.76. The Morgan fingerprint density at radius 1 is 1.21 bits per heavy atom. The van der Waals surface area contributed by atoms with Gasteiger partial charge in [-0.1, -0.05) is 12.1 Å². The molecule has 0 aliphatic rings. The Hall–Kier alpha value is -0.870. The van der Waals surface area contributed by atoms with E-state index in [-0.39, 0.29) is 5.25 Å². The van der Waals surface area contributed by atoms with Crippen molar-refractivity contribution in [3.63, 3.8) is 0 Å². The van der Waals surface area contributed by atoms with Gasteiger partial charge in [0.1, 0.15) is 0 Å². The van der Waals surface area contributed by atoms with Crippen LogP contribution in [0, 0.1) is 0 Å². The molecule has 0 heterocycles. The molecule has 0 spiro atoms. The fraction of sp³-hybridized carbons (Fsp3) is 0.600. The second kappa shape index (κ2) is 8.33. The maximum Gasteiger partial charge on any atom is 0.0441 e. The summed E-state index contributed by atoms with van der Waals surface area (Å²) < 4.78 is 11.2. The van der Waals surface area contributed by atoms with Crippen molar-refractivity contribution in [2.45, 2.75) is 32.6 Å². The van der Waals surface area contributed by atoms with Crippen molar-refractivity contribution in [3.8, 4) is 0 Å². The number of hydrogen-bond donors (Lipinski definition) is 1. The highest BCUT2D eigenvalue weighted by molar-refractivity contribution is 7.84. The first kappa shape index (κ1) is 16.2. The minimum Gasteiger partial charge on any atom is -0.372 e. The van der Waals surface area contributed by atoms with Crippen LogP contribution in [0.3, 0.4) is 0 Å². The molecule has 4 heteroatoms. The fourth-order valence-electron chi connectivity index (χ4n) is 1.95. The van der Waals surface area contributed by atoms with Crippen LogP contribution in [0.2, 0.25) is 0 Å². The van der Waals surface area contributed by atoms with Gasteiger partial charge in [-0.2, -0.15) is 0 Å². The van der Waals surface area contributed by atoms with E-state index in [4.69, 9.17) is 0 Å². The monoisotopic (exact) mass is 282 g/mol. The third-order valence-electron chi connectivity index (χ3n) is 3.39. The molecule has 0 bridgehead atoms. The predicted molar refractivity (Wildman–Crippen MR) is 85.2 cm³/mol. The van der Waals surface area contributed by atoms with Crippen LogP contribution in [0.1, 0.15) is 26.3 Å². The first-order valence-corrected chi connectivity index (χ1v) is 8.57. The van der Waals surface area contributed by atoms with Crippen molar-refractivity contribution < 1.29 is 4.21 Å². The zero-order chi connectivity index (χ0) is 14.3. The van der Waals surface area contributed by atoms with Crippen molar-refractivity contribution >= 4 is 16.5 Å². The Kier molecular flexibility index (Phi) is 7.10. The summed E-state index contributed by atoms with van der Waals surface area (Å²) in [7, 11) is -0.750. The number of nitrogens with one attached hydrogen (secondary N) is 1. The van der Waals surface area contributed by atoms with Gasteiger partial charge in [0.25, 0.3) is 0 Å². The molecule has 3 nitrogen and oxygen atoms in total. The summed E-state index contributed by atoms with van der Waals surface area (Å²) in [5.74, 6) is 0. The van der Waals surface area contributed by atoms with Gasteiger partial charge in [0.2, 0.25) is 0 Å². The Labute approximate surface area is 119 Å². The van der Waals surface area contributed by atoms with Crippen LogP contribution in [-0.4, -0.2) is 35.3 Å². The highest BCUT2D eigenvalue weighted by Crippen LogP contribution is 2.14. The van der Waals surface area contributed by atoms with Gasteiger partial charge in [0.05, 0.1) is 0 Å². The lowest BCUT2D eigenvalue weighted by molar-refractivity contribution is 0.647. The fourth-order valence-corrected chi connectivity index (χ4v) is 2.30. The topological polar surface area (TPSA) is 32.3 Å². The van der Waals surface area contributed by atoms with E-state index >= 15 is 0 Å². The molecule has 108 valence electrons. The summed E-state index contributed by atoms with van der Waals surface area (Å²) in [6.45, 7) is 10.0. The van der Waals surface area contributed by atoms with E-state index in [9.17, 15) is 4.21 Å². The molecule has 0 aromatic heterocycles. The molecule has 0 saturated heterocycles. The average Bonchev–Trinajstić information content (AvgIpc) is 2.41. The largest absolute Gasteiger partial charge is 0.372 e. The Balaban J connectivity index is 2.46. The molecule has 0 saturated carbocycles. The zero-order valence-electron chi connectivity index (χ0n) is 12.5. The van der Waals surface area contributed by atoms with Crippen LogP contribution in [0.5, 0.6) is 0 Å². The molecule has 0 aliphatic heterocycles. The molecule has 2 unspecified atom stereocenters. The van der Waals surface area contributed by atoms with E-state index in [1.165, 1.54) is 11.3 Å². The summed E-state index contributed by atoms with van der Waals surface area (Å²) >= 11 is 0. The van der Waals surface area contributed by atoms with E-state index in [1.807, 2.05) is 6.92 Å². The quantitative estimate of drug-likeness (QED) is 0.794. The van der Waals surface area contributed by atoms with E-state index < -0.39 is 10.8 Å². The minimum atomic E-state index is -0.750. The first-order valence-electron chi connectivity index (χ1n) is 6.95. The summed E-state index contributed by atoms with van der Waals surface area (Å²) in [5, 5.41) is 3.56. The number of benzene rings is 1. The van der Waals surface area contributed by atoms with Crippen molar-refractivity contribution in [2.75, 3.05) is 30.8 Å². The van der Waals surface area contributed by atoms with E-state index in [2.05, 4.69) is 48.3 Å². The Bertz CT molecular complexity index is 388. The van der Waals surface area contributed by atoms with Crippen molar-refractivity contribution in [1.29, 1.82) is 0 Å². The second-order valence-corrected chi connectivity index (χ2v) is 6.58. The standard InChI is InChI=1S/C15H26N2OS/c1-5-17(6-2)15-9-7-14(8-10-15)12-16-11-13(3)19(4)18/h7-10,13,16H,5-6,11-12H2,1-4H3. The van der Waals surface area contributed by atoms with E-state index in [0.29, 0.717) is 0 Å². The van der Waals surface area contributed by atoms with Gasteiger partial charge in [-0.05, 0) is 38.5 Å². The van der Waals surface area contributed by atoms with Gasteiger partial charge in [-0.15, -0.1) is 0 Å². The molecule has 19 heavy (non-hydrogen) atoms. The van der Waals surface area contributed by atoms with Crippen LogP contribution < -0.4 is 10.2 Å². The van der Waals surface area contributed by atoms with Crippen LogP contribution in [0.15, 0.2) is 24.3 Å². The first-order chi connectivity index (χ1) is 9.08. The molecule has 1 rings (SSSR count). The number of rotatable bonds is 8. The van der Waals surface area contributed by atoms with E-state index in [0.717, 1.165) is 26.2 Å². The predicted octanol–water partition coefficient (Wildman–Crippen LogP) is 2.39. The van der Waals surface area contributed by atoms with Crippen LogP contribution >= 0.6 is 0 Å². The Morgan fingerprint density at radius 3 is 2.26 bits per heavy atom. The van der Waals surface area contributed by atoms with Crippen molar-refractivity contribution in [1.82, 2.24) is 5.32 Å². The molecular weight excluding hydrogens is 256 g/mol. The van der Waals surface area contributed by atoms with Gasteiger partial charge in [-0.3, -0.25) is 4.21 Å². The van der Waals surface area contributed by atoms with Crippen LogP contribution in [-0.2, 0) is 17.3 Å². The molecule has 2 atom stereocenters. The molecule has 0 radical (unpaired) electrons. The summed E-state index contributed by atoms with van der Waals surface area (Å²) in [6, 6.07) is 8.67. The van der Waals surface area contributed by atoms with Crippen LogP contribution in [0.25, 0.3) is 0 Å². The normalized spacial score (nSPS) is 14.1. The highest BCUT2D eigenvalue weighted by Gasteiger charge is 2.05. The van der Waals surface area contributed by atoms with Gasteiger partial charge in [-0.25, -0.2) is 0 Å². The van der Waals surface area contributed by atoms with Gasteiger partial charge >= 0.3 is 0 Å². The summed E-state index contributed by atoms with van der Waals surface area (Å²) in [5.41, 5.74) is 2.54. The lowest BCUT2D eigenvalue weighted by Crippen LogP contribution is -2.27. The van der Waals surface area contributed by atoms with Crippen molar-refractivity contribution in [2.24, 2.45) is 0 Å². The molecule has 0 fully saturated rings. The number of anilines is 1. The van der Waals surface area contributed by atoms with Gasteiger partial charge in [0, 0.05) is 54.2 Å². The maximum atomic E-state index is 11.2. The molecule has 1 N–H and O–H groups in total. The van der Waals surface area contributed by atoms with Crippen LogP contribution in [0.4, 0.5) is 5.69 Å². The average molecular weight is 282 g/mol. The lowest BCUT2D eigenvalue weighted by atomic mass is 10.2. The van der Waals surface area contributed by atoms with E-state index in [1.54, 1.807) is 6.26 Å². The lowest BCUT2D eigenvalue weighted by Gasteiger charge is -2.21. The molecule has 0 amide bonds. The summed E-state index contributed by atoms with van der Waals surface area (Å²) in [4.78, 5) is 2.33. The number of nitrogens with zero attached hydrogens (tertiary/aromatic N) is 1. The van der Waals surface area contributed by atoms with Gasteiger partial charge < -0.3 is 10.2 Å². The van der Waals surface area contributed by atoms with Gasteiger partial charge in [0.15, 0.2) is 0 Å². The third kappa shape index (κ3) is 5.33. The number of hydrogen-bond acceptors (Lipinski definition) is 3. The molecule has 1 aromatic rings. The molecule has 1 aromatic carbocycles. The molecule has 0 aliphatic carbocycles. The van der Waals surface area contributed by atoms with Crippen molar-refractivity contribution in [3.05, 3.63) is 29.8 Å². The molecular formula is C15H26N2OS.